The van der Waals surface area contributed by atoms with Gasteiger partial charge in [0.05, 0.1) is 4.47 Å². The Bertz CT molecular complexity index is 402. The van der Waals surface area contributed by atoms with Crippen molar-refractivity contribution in [1.82, 2.24) is 9.97 Å². The van der Waals surface area contributed by atoms with Crippen LogP contribution in [0.2, 0.25) is 0 Å². The first-order valence-corrected chi connectivity index (χ1v) is 8.01. The van der Waals surface area contributed by atoms with Gasteiger partial charge in [-0.2, -0.15) is 4.98 Å². The maximum Gasteiger partial charge on any atom is 0.224 e. The van der Waals surface area contributed by atoms with Crippen molar-refractivity contribution in [2.75, 3.05) is 23.8 Å². The van der Waals surface area contributed by atoms with Gasteiger partial charge in [-0.05, 0) is 35.7 Å². The number of nitrogens with one attached hydrogen (secondary N) is 1. The van der Waals surface area contributed by atoms with Crippen LogP contribution in [0.3, 0.4) is 0 Å². The molecule has 1 aliphatic carbocycles. The Labute approximate surface area is 124 Å². The van der Waals surface area contributed by atoms with E-state index in [1.807, 2.05) is 6.20 Å². The number of anilines is 2. The van der Waals surface area contributed by atoms with Crippen LogP contribution in [0, 0.1) is 0 Å². The maximum absolute atomic E-state index is 4.62. The van der Waals surface area contributed by atoms with Crippen LogP contribution in [0.5, 0.6) is 0 Å². The van der Waals surface area contributed by atoms with E-state index < -0.39 is 0 Å². The second-order valence-electron chi connectivity index (χ2n) is 5.15. The van der Waals surface area contributed by atoms with Crippen molar-refractivity contribution in [3.05, 3.63) is 10.7 Å². The monoisotopic (exact) mass is 326 g/mol. The normalized spacial score (nSPS) is 17.0. The number of aromatic nitrogens is 2. The number of hydrogen-bond acceptors (Lipinski definition) is 4. The lowest BCUT2D eigenvalue weighted by Crippen LogP contribution is -2.32. The van der Waals surface area contributed by atoms with E-state index in [1.54, 1.807) is 0 Å². The Morgan fingerprint density at radius 3 is 2.63 bits per heavy atom. The summed E-state index contributed by atoms with van der Waals surface area (Å²) < 4.78 is 0.973. The smallest absolute Gasteiger partial charge is 0.224 e. The number of hydrogen-bond donors (Lipinski definition) is 1. The van der Waals surface area contributed by atoms with E-state index in [2.05, 4.69) is 50.1 Å². The van der Waals surface area contributed by atoms with Gasteiger partial charge in [-0.3, -0.25) is 0 Å². The van der Waals surface area contributed by atoms with E-state index in [9.17, 15) is 0 Å². The van der Waals surface area contributed by atoms with Crippen LogP contribution in [0.4, 0.5) is 11.8 Å². The topological polar surface area (TPSA) is 41.1 Å². The van der Waals surface area contributed by atoms with Gasteiger partial charge >= 0.3 is 0 Å². The zero-order chi connectivity index (χ0) is 13.7. The minimum atomic E-state index is 0.600. The quantitative estimate of drug-likeness (QED) is 0.854. The van der Waals surface area contributed by atoms with E-state index in [0.717, 1.165) is 16.8 Å². The van der Waals surface area contributed by atoms with Gasteiger partial charge in [0.25, 0.3) is 0 Å². The highest BCUT2D eigenvalue weighted by molar-refractivity contribution is 9.10. The minimum absolute atomic E-state index is 0.600. The first kappa shape index (κ1) is 14.6. The van der Waals surface area contributed by atoms with E-state index in [-0.39, 0.29) is 0 Å². The van der Waals surface area contributed by atoms with Crippen LogP contribution in [0.1, 0.15) is 45.4 Å². The summed E-state index contributed by atoms with van der Waals surface area (Å²) in [7, 11) is 2.15. The molecule has 1 aliphatic rings. The molecule has 0 amide bonds. The van der Waals surface area contributed by atoms with Crippen molar-refractivity contribution in [3.8, 4) is 0 Å². The summed E-state index contributed by atoms with van der Waals surface area (Å²) in [5, 5.41) is 3.18. The van der Waals surface area contributed by atoms with Crippen LogP contribution in [0.15, 0.2) is 10.7 Å². The molecule has 1 aromatic rings. The molecule has 19 heavy (non-hydrogen) atoms. The zero-order valence-electron chi connectivity index (χ0n) is 11.8. The third-order valence-corrected chi connectivity index (χ3v) is 4.33. The second kappa shape index (κ2) is 7.08. The molecular weight excluding hydrogens is 304 g/mol. The fraction of sp³-hybridized carbons (Fsp3) is 0.714. The number of rotatable bonds is 4. The zero-order valence-corrected chi connectivity index (χ0v) is 13.4. The summed E-state index contributed by atoms with van der Waals surface area (Å²) in [6.45, 7) is 2.90. The predicted molar refractivity (Wildman–Crippen MR) is 83.8 cm³/mol. The highest BCUT2D eigenvalue weighted by Gasteiger charge is 2.20. The molecule has 5 heteroatoms. The second-order valence-corrected chi connectivity index (χ2v) is 6.01. The van der Waals surface area contributed by atoms with Crippen molar-refractivity contribution in [2.24, 2.45) is 0 Å². The lowest BCUT2D eigenvalue weighted by Gasteiger charge is -2.29. The van der Waals surface area contributed by atoms with Crippen molar-refractivity contribution in [1.29, 1.82) is 0 Å². The average Bonchev–Trinajstić information content (AvgIpc) is 2.69. The summed E-state index contributed by atoms with van der Waals surface area (Å²) in [5.74, 6) is 1.71. The van der Waals surface area contributed by atoms with Gasteiger partial charge in [-0.25, -0.2) is 4.98 Å². The molecule has 1 aromatic heterocycles. The van der Waals surface area contributed by atoms with E-state index in [0.29, 0.717) is 12.0 Å². The van der Waals surface area contributed by atoms with Crippen LogP contribution >= 0.6 is 15.9 Å². The standard InChI is InChI=1S/C14H23BrN4/c1-3-16-14-17-10-12(15)13(18-14)19(2)11-8-6-4-5-7-9-11/h10-11H,3-9H2,1-2H3,(H,16,17,18). The van der Waals surface area contributed by atoms with Crippen molar-refractivity contribution < 1.29 is 0 Å². The Morgan fingerprint density at radius 1 is 1.32 bits per heavy atom. The summed E-state index contributed by atoms with van der Waals surface area (Å²) in [4.78, 5) is 11.2. The molecule has 0 saturated heterocycles. The highest BCUT2D eigenvalue weighted by Crippen LogP contribution is 2.29. The van der Waals surface area contributed by atoms with Gasteiger partial charge in [-0.15, -0.1) is 0 Å². The Morgan fingerprint density at radius 2 is 2.00 bits per heavy atom. The van der Waals surface area contributed by atoms with E-state index >= 15 is 0 Å². The van der Waals surface area contributed by atoms with Crippen molar-refractivity contribution >= 4 is 27.7 Å². The molecule has 0 aromatic carbocycles. The molecule has 1 N–H and O–H groups in total. The molecule has 0 bridgehead atoms. The summed E-state index contributed by atoms with van der Waals surface area (Å²) in [6, 6.07) is 0.600. The molecular formula is C14H23BrN4. The van der Waals surface area contributed by atoms with Gasteiger partial charge in [0, 0.05) is 25.8 Å². The van der Waals surface area contributed by atoms with Crippen LogP contribution in [-0.2, 0) is 0 Å². The molecule has 0 atom stereocenters. The molecule has 106 valence electrons. The molecule has 0 aliphatic heterocycles. The third kappa shape index (κ3) is 3.81. The Hall–Kier alpha value is -0.840. The van der Waals surface area contributed by atoms with Gasteiger partial charge < -0.3 is 10.2 Å². The molecule has 1 heterocycles. The summed E-state index contributed by atoms with van der Waals surface area (Å²) >= 11 is 3.57. The highest BCUT2D eigenvalue weighted by atomic mass is 79.9. The third-order valence-electron chi connectivity index (χ3n) is 3.77. The van der Waals surface area contributed by atoms with Gasteiger partial charge in [0.1, 0.15) is 5.82 Å². The largest absolute Gasteiger partial charge is 0.356 e. The van der Waals surface area contributed by atoms with Crippen LogP contribution in [0.25, 0.3) is 0 Å². The molecule has 1 fully saturated rings. The van der Waals surface area contributed by atoms with Crippen LogP contribution in [-0.4, -0.2) is 29.6 Å². The fourth-order valence-electron chi connectivity index (χ4n) is 2.67. The van der Waals surface area contributed by atoms with Crippen LogP contribution < -0.4 is 10.2 Å². The lowest BCUT2D eigenvalue weighted by molar-refractivity contribution is 0.548. The molecule has 1 saturated carbocycles. The Balaban J connectivity index is 2.16. The number of nitrogens with zero attached hydrogens (tertiary/aromatic N) is 3. The van der Waals surface area contributed by atoms with E-state index in [4.69, 9.17) is 0 Å². The molecule has 0 unspecified atom stereocenters. The Kier molecular flexibility index (Phi) is 5.43. The first-order chi connectivity index (χ1) is 9.22. The van der Waals surface area contributed by atoms with Gasteiger partial charge in [-0.1, -0.05) is 25.7 Å². The molecule has 0 spiro atoms. The summed E-state index contributed by atoms with van der Waals surface area (Å²) in [6.07, 6.45) is 9.78. The predicted octanol–water partition coefficient (Wildman–Crippen LogP) is 3.83. The maximum atomic E-state index is 4.62. The van der Waals surface area contributed by atoms with Crippen molar-refractivity contribution in [2.45, 2.75) is 51.5 Å². The summed E-state index contributed by atoms with van der Waals surface area (Å²) in [5.41, 5.74) is 0. The van der Waals surface area contributed by atoms with Gasteiger partial charge in [0.2, 0.25) is 5.95 Å². The average molecular weight is 327 g/mol. The molecule has 4 nitrogen and oxygen atoms in total. The lowest BCUT2D eigenvalue weighted by atomic mass is 10.1. The molecule has 0 radical (unpaired) electrons. The van der Waals surface area contributed by atoms with Crippen molar-refractivity contribution in [3.63, 3.8) is 0 Å². The fourth-order valence-corrected chi connectivity index (χ4v) is 3.14. The minimum Gasteiger partial charge on any atom is -0.356 e. The van der Waals surface area contributed by atoms with Gasteiger partial charge in [0.15, 0.2) is 0 Å². The SMILES string of the molecule is CCNc1ncc(Br)c(N(C)C2CCCCCC2)n1. The first-order valence-electron chi connectivity index (χ1n) is 7.21. The van der Waals surface area contributed by atoms with E-state index in [1.165, 1.54) is 38.5 Å². The molecule has 2 rings (SSSR count). The number of halogens is 1.